The minimum Gasteiger partial charge on any atom is -0.481 e. The standard InChI is InChI=1S/C16H25NO4/c18-14(19)7-8-17(10-11-4-3-9-21-11)16(20)15-12-5-1-2-6-13(12)15/h11-13,15H,1-10H2,(H,18,19)/t11-,12-,13+,15?/m1/s1. The number of aliphatic carboxylic acids is 1. The van der Waals surface area contributed by atoms with E-state index in [0.29, 0.717) is 24.9 Å². The predicted octanol–water partition coefficient (Wildman–Crippen LogP) is 1.90. The van der Waals surface area contributed by atoms with Crippen LogP contribution in [-0.2, 0) is 14.3 Å². The van der Waals surface area contributed by atoms with E-state index in [0.717, 1.165) is 19.4 Å². The zero-order valence-electron chi connectivity index (χ0n) is 12.5. The lowest BCUT2D eigenvalue weighted by Gasteiger charge is -2.25. The fourth-order valence-corrected chi connectivity index (χ4v) is 4.13. The molecule has 1 saturated heterocycles. The molecule has 0 aromatic rings. The molecule has 3 rings (SSSR count). The number of ether oxygens (including phenoxy) is 1. The van der Waals surface area contributed by atoms with E-state index in [2.05, 4.69) is 0 Å². The Morgan fingerprint density at radius 3 is 2.38 bits per heavy atom. The van der Waals surface area contributed by atoms with Gasteiger partial charge in [0, 0.05) is 25.6 Å². The Labute approximate surface area is 125 Å². The van der Waals surface area contributed by atoms with E-state index < -0.39 is 5.97 Å². The number of fused-ring (bicyclic) bond motifs is 1. The van der Waals surface area contributed by atoms with Crippen LogP contribution in [0.4, 0.5) is 0 Å². The summed E-state index contributed by atoms with van der Waals surface area (Å²) in [6.07, 6.45) is 6.98. The van der Waals surface area contributed by atoms with Crippen LogP contribution in [0, 0.1) is 17.8 Å². The van der Waals surface area contributed by atoms with Crippen LogP contribution in [0.1, 0.15) is 44.9 Å². The highest BCUT2D eigenvalue weighted by molar-refractivity contribution is 5.83. The molecular weight excluding hydrogens is 270 g/mol. The molecule has 0 aromatic heterocycles. The average molecular weight is 295 g/mol. The highest BCUT2D eigenvalue weighted by Crippen LogP contribution is 2.56. The average Bonchev–Trinajstić information content (AvgIpc) is 2.97. The third-order valence-corrected chi connectivity index (χ3v) is 5.30. The van der Waals surface area contributed by atoms with Crippen LogP contribution in [0.3, 0.4) is 0 Å². The van der Waals surface area contributed by atoms with Crippen molar-refractivity contribution >= 4 is 11.9 Å². The van der Waals surface area contributed by atoms with Crippen molar-refractivity contribution in [2.24, 2.45) is 17.8 Å². The number of carboxylic acids is 1. The number of nitrogens with zero attached hydrogens (tertiary/aromatic N) is 1. The monoisotopic (exact) mass is 295 g/mol. The van der Waals surface area contributed by atoms with Crippen LogP contribution < -0.4 is 0 Å². The third-order valence-electron chi connectivity index (χ3n) is 5.30. The lowest BCUT2D eigenvalue weighted by molar-refractivity contribution is -0.139. The number of hydrogen-bond acceptors (Lipinski definition) is 3. The van der Waals surface area contributed by atoms with E-state index in [9.17, 15) is 9.59 Å². The molecule has 5 heteroatoms. The van der Waals surface area contributed by atoms with Gasteiger partial charge in [-0.1, -0.05) is 12.8 Å². The lowest BCUT2D eigenvalue weighted by Crippen LogP contribution is -2.40. The van der Waals surface area contributed by atoms with Gasteiger partial charge >= 0.3 is 5.97 Å². The summed E-state index contributed by atoms with van der Waals surface area (Å²) >= 11 is 0. The van der Waals surface area contributed by atoms with Crippen LogP contribution in [-0.4, -0.2) is 47.7 Å². The molecular formula is C16H25NO4. The summed E-state index contributed by atoms with van der Waals surface area (Å²) in [4.78, 5) is 25.4. The van der Waals surface area contributed by atoms with Crippen molar-refractivity contribution in [3.05, 3.63) is 0 Å². The first-order valence-electron chi connectivity index (χ1n) is 8.29. The molecule has 1 aliphatic heterocycles. The summed E-state index contributed by atoms with van der Waals surface area (Å²) in [7, 11) is 0. The normalized spacial score (nSPS) is 34.3. The van der Waals surface area contributed by atoms with E-state index in [1.54, 1.807) is 4.90 Å². The zero-order valence-corrected chi connectivity index (χ0v) is 12.5. The SMILES string of the molecule is O=C(O)CCN(C[C@H]1CCCO1)C(=O)C1[C@H]2CCCC[C@@H]12. The molecule has 1 unspecified atom stereocenters. The second-order valence-corrected chi connectivity index (χ2v) is 6.70. The number of rotatable bonds is 6. The van der Waals surface area contributed by atoms with Gasteiger partial charge in [-0.2, -0.15) is 0 Å². The summed E-state index contributed by atoms with van der Waals surface area (Å²) in [5, 5.41) is 8.90. The summed E-state index contributed by atoms with van der Waals surface area (Å²) in [6.45, 7) is 1.66. The smallest absolute Gasteiger partial charge is 0.305 e. The molecule has 1 N–H and O–H groups in total. The van der Waals surface area contributed by atoms with E-state index >= 15 is 0 Å². The number of carboxylic acid groups (broad SMARTS) is 1. The maximum absolute atomic E-state index is 12.7. The van der Waals surface area contributed by atoms with Gasteiger partial charge < -0.3 is 14.7 Å². The summed E-state index contributed by atoms with van der Waals surface area (Å²) in [5.74, 6) is 0.658. The number of carbonyl (C=O) groups is 2. The van der Waals surface area contributed by atoms with Crippen LogP contribution >= 0.6 is 0 Å². The first-order chi connectivity index (χ1) is 10.2. The van der Waals surface area contributed by atoms with Crippen molar-refractivity contribution in [1.82, 2.24) is 4.90 Å². The Hall–Kier alpha value is -1.10. The Bertz CT molecular complexity index is 393. The molecule has 2 saturated carbocycles. The summed E-state index contributed by atoms with van der Waals surface area (Å²) in [5.41, 5.74) is 0. The van der Waals surface area contributed by atoms with Gasteiger partial charge in [-0.05, 0) is 37.5 Å². The van der Waals surface area contributed by atoms with Crippen molar-refractivity contribution in [1.29, 1.82) is 0 Å². The minimum atomic E-state index is -0.839. The van der Waals surface area contributed by atoms with Gasteiger partial charge in [0.2, 0.25) is 5.91 Å². The number of hydrogen-bond donors (Lipinski definition) is 1. The van der Waals surface area contributed by atoms with E-state index in [1.807, 2.05) is 0 Å². The van der Waals surface area contributed by atoms with Gasteiger partial charge in [-0.25, -0.2) is 0 Å². The van der Waals surface area contributed by atoms with Crippen molar-refractivity contribution in [2.45, 2.75) is 51.0 Å². The minimum absolute atomic E-state index is 0.0283. The molecule has 1 amide bonds. The van der Waals surface area contributed by atoms with E-state index in [-0.39, 0.29) is 24.3 Å². The molecule has 1 heterocycles. The maximum atomic E-state index is 12.7. The topological polar surface area (TPSA) is 66.8 Å². The molecule has 21 heavy (non-hydrogen) atoms. The van der Waals surface area contributed by atoms with Crippen LogP contribution in [0.25, 0.3) is 0 Å². The predicted molar refractivity (Wildman–Crippen MR) is 76.7 cm³/mol. The Morgan fingerprint density at radius 2 is 1.81 bits per heavy atom. The maximum Gasteiger partial charge on any atom is 0.305 e. The van der Waals surface area contributed by atoms with Crippen LogP contribution in [0.5, 0.6) is 0 Å². The van der Waals surface area contributed by atoms with Gasteiger partial charge in [0.1, 0.15) is 0 Å². The van der Waals surface area contributed by atoms with Crippen molar-refractivity contribution in [3.8, 4) is 0 Å². The number of carbonyl (C=O) groups excluding carboxylic acids is 1. The van der Waals surface area contributed by atoms with Crippen LogP contribution in [0.15, 0.2) is 0 Å². The van der Waals surface area contributed by atoms with Gasteiger partial charge in [0.25, 0.3) is 0 Å². The Balaban J connectivity index is 1.59. The highest BCUT2D eigenvalue weighted by Gasteiger charge is 2.55. The van der Waals surface area contributed by atoms with Gasteiger partial charge in [0.05, 0.1) is 12.5 Å². The molecule has 0 radical (unpaired) electrons. The van der Waals surface area contributed by atoms with Crippen LogP contribution in [0.2, 0.25) is 0 Å². The van der Waals surface area contributed by atoms with Crippen molar-refractivity contribution in [2.75, 3.05) is 19.7 Å². The first kappa shape index (κ1) is 14.8. The molecule has 4 atom stereocenters. The van der Waals surface area contributed by atoms with Crippen molar-refractivity contribution in [3.63, 3.8) is 0 Å². The molecule has 2 aliphatic carbocycles. The molecule has 5 nitrogen and oxygen atoms in total. The fourth-order valence-electron chi connectivity index (χ4n) is 4.13. The highest BCUT2D eigenvalue weighted by atomic mass is 16.5. The number of amides is 1. The molecule has 0 bridgehead atoms. The Morgan fingerprint density at radius 1 is 1.10 bits per heavy atom. The zero-order chi connectivity index (χ0) is 14.8. The second kappa shape index (κ2) is 6.34. The molecule has 118 valence electrons. The van der Waals surface area contributed by atoms with Gasteiger partial charge in [-0.3, -0.25) is 9.59 Å². The summed E-state index contributed by atoms with van der Waals surface area (Å²) < 4.78 is 5.62. The quantitative estimate of drug-likeness (QED) is 0.813. The fraction of sp³-hybridized carbons (Fsp3) is 0.875. The molecule has 0 aromatic carbocycles. The van der Waals surface area contributed by atoms with Gasteiger partial charge in [-0.15, -0.1) is 0 Å². The van der Waals surface area contributed by atoms with E-state index in [1.165, 1.54) is 25.7 Å². The molecule has 0 spiro atoms. The first-order valence-corrected chi connectivity index (χ1v) is 8.29. The molecule has 3 aliphatic rings. The van der Waals surface area contributed by atoms with Gasteiger partial charge in [0.15, 0.2) is 0 Å². The lowest BCUT2D eigenvalue weighted by atomic mass is 10.0. The van der Waals surface area contributed by atoms with E-state index in [4.69, 9.17) is 9.84 Å². The third kappa shape index (κ3) is 3.39. The molecule has 3 fully saturated rings. The van der Waals surface area contributed by atoms with Crippen molar-refractivity contribution < 1.29 is 19.4 Å². The summed E-state index contributed by atoms with van der Waals surface area (Å²) in [6, 6.07) is 0. The Kier molecular flexibility index (Phi) is 4.48. The second-order valence-electron chi connectivity index (χ2n) is 6.70. The largest absolute Gasteiger partial charge is 0.481 e.